The summed E-state index contributed by atoms with van der Waals surface area (Å²) in [6.45, 7) is 4.62. The molecule has 1 heterocycles. The average molecular weight is 291 g/mol. The number of pyridine rings is 1. The quantitative estimate of drug-likeness (QED) is 0.867. The fourth-order valence-electron chi connectivity index (χ4n) is 2.96. The van der Waals surface area contributed by atoms with E-state index in [1.165, 1.54) is 20.0 Å². The molecular weight excluding hydrogens is 266 g/mol. The van der Waals surface area contributed by atoms with Crippen LogP contribution in [0.1, 0.15) is 49.9 Å². The molecule has 1 fully saturated rings. The number of nitrogens with two attached hydrogens (primary N) is 1. The Hall–Kier alpha value is -1.78. The molecule has 0 aromatic carbocycles. The van der Waals surface area contributed by atoms with Crippen LogP contribution in [-0.4, -0.2) is 31.2 Å². The molecule has 1 aliphatic rings. The van der Waals surface area contributed by atoms with Gasteiger partial charge in [0.15, 0.2) is 0 Å². The summed E-state index contributed by atoms with van der Waals surface area (Å²) < 4.78 is 4.84. The molecule has 0 unspecified atom stereocenters. The minimum atomic E-state index is -0.396. The lowest BCUT2D eigenvalue weighted by Crippen LogP contribution is -2.38. The van der Waals surface area contributed by atoms with Crippen molar-refractivity contribution in [1.29, 1.82) is 0 Å². The van der Waals surface area contributed by atoms with Crippen molar-refractivity contribution in [1.82, 2.24) is 4.98 Å². The number of aromatic nitrogens is 1. The second-order valence-corrected chi connectivity index (χ2v) is 6.64. The van der Waals surface area contributed by atoms with E-state index >= 15 is 0 Å². The molecule has 1 aliphatic carbocycles. The number of esters is 1. The second-order valence-electron chi connectivity index (χ2n) is 6.64. The molecule has 1 saturated carbocycles. The van der Waals surface area contributed by atoms with Crippen molar-refractivity contribution in [3.05, 3.63) is 17.8 Å². The number of carbonyl (C=O) groups is 1. The highest BCUT2D eigenvalue weighted by atomic mass is 16.5. The molecule has 0 saturated heterocycles. The summed E-state index contributed by atoms with van der Waals surface area (Å²) in [5.41, 5.74) is 7.06. The Bertz CT molecular complexity index is 518. The number of carbonyl (C=O) groups excluding carboxylic acids is 1. The van der Waals surface area contributed by atoms with E-state index in [1.54, 1.807) is 12.3 Å². The van der Waals surface area contributed by atoms with Crippen molar-refractivity contribution in [2.24, 2.45) is 5.41 Å². The Balaban J connectivity index is 2.23. The molecule has 21 heavy (non-hydrogen) atoms. The van der Waals surface area contributed by atoms with Crippen molar-refractivity contribution in [3.8, 4) is 0 Å². The number of nitrogen functional groups attached to an aromatic ring is 1. The zero-order valence-electron chi connectivity index (χ0n) is 13.3. The monoisotopic (exact) mass is 291 g/mol. The van der Waals surface area contributed by atoms with E-state index in [9.17, 15) is 4.79 Å². The maximum atomic E-state index is 11.9. The first-order valence-corrected chi connectivity index (χ1v) is 7.41. The Labute approximate surface area is 126 Å². The minimum Gasteiger partial charge on any atom is -0.465 e. The van der Waals surface area contributed by atoms with Crippen molar-refractivity contribution in [2.75, 3.05) is 24.8 Å². The van der Waals surface area contributed by atoms with Crippen LogP contribution in [0.3, 0.4) is 0 Å². The van der Waals surface area contributed by atoms with Crippen LogP contribution in [0.4, 0.5) is 11.5 Å². The summed E-state index contributed by atoms with van der Waals surface area (Å²) >= 11 is 0. The van der Waals surface area contributed by atoms with Gasteiger partial charge in [0.05, 0.1) is 19.0 Å². The van der Waals surface area contributed by atoms with Gasteiger partial charge in [-0.1, -0.05) is 13.8 Å². The van der Waals surface area contributed by atoms with Gasteiger partial charge < -0.3 is 15.4 Å². The molecule has 2 rings (SSSR count). The highest BCUT2D eigenvalue weighted by Crippen LogP contribution is 2.38. The molecule has 2 N–H and O–H groups in total. The smallest absolute Gasteiger partial charge is 0.341 e. The molecular formula is C16H25N3O2. The Morgan fingerprint density at radius 1 is 1.43 bits per heavy atom. The van der Waals surface area contributed by atoms with E-state index in [-0.39, 0.29) is 0 Å². The fraction of sp³-hybridized carbons (Fsp3) is 0.625. The van der Waals surface area contributed by atoms with Crippen LogP contribution < -0.4 is 10.6 Å². The minimum absolute atomic E-state index is 0.396. The van der Waals surface area contributed by atoms with Gasteiger partial charge >= 0.3 is 5.97 Å². The molecule has 0 spiro atoms. The number of nitrogens with zero attached hydrogens (tertiary/aromatic N) is 2. The SMILES string of the molecule is COC(=O)c1cc(N)cnc1N(C)C1CCC(C)(C)CC1. The summed E-state index contributed by atoms with van der Waals surface area (Å²) in [7, 11) is 3.37. The van der Waals surface area contributed by atoms with Gasteiger partial charge in [-0.05, 0) is 37.2 Å². The summed E-state index contributed by atoms with van der Waals surface area (Å²) in [5.74, 6) is 0.258. The normalized spacial score (nSPS) is 18.3. The fourth-order valence-corrected chi connectivity index (χ4v) is 2.96. The summed E-state index contributed by atoms with van der Waals surface area (Å²) in [6, 6.07) is 2.04. The summed E-state index contributed by atoms with van der Waals surface area (Å²) in [5, 5.41) is 0. The first-order chi connectivity index (χ1) is 9.84. The molecule has 0 radical (unpaired) electrons. The summed E-state index contributed by atoms with van der Waals surface area (Å²) in [6.07, 6.45) is 6.17. The number of anilines is 2. The zero-order chi connectivity index (χ0) is 15.6. The van der Waals surface area contributed by atoms with Crippen LogP contribution in [0, 0.1) is 5.41 Å². The molecule has 5 nitrogen and oxygen atoms in total. The van der Waals surface area contributed by atoms with E-state index in [1.807, 2.05) is 7.05 Å². The Kier molecular flexibility index (Phi) is 4.40. The van der Waals surface area contributed by atoms with Gasteiger partial charge in [0.2, 0.25) is 0 Å². The van der Waals surface area contributed by atoms with Crippen LogP contribution in [0.5, 0.6) is 0 Å². The maximum absolute atomic E-state index is 11.9. The lowest BCUT2D eigenvalue weighted by atomic mass is 9.75. The Morgan fingerprint density at radius 3 is 2.62 bits per heavy atom. The van der Waals surface area contributed by atoms with Crippen molar-refractivity contribution in [3.63, 3.8) is 0 Å². The largest absolute Gasteiger partial charge is 0.465 e. The second kappa shape index (κ2) is 5.92. The van der Waals surface area contributed by atoms with Gasteiger partial charge in [-0.15, -0.1) is 0 Å². The third-order valence-corrected chi connectivity index (χ3v) is 4.48. The number of ether oxygens (including phenoxy) is 1. The van der Waals surface area contributed by atoms with E-state index < -0.39 is 5.97 Å². The van der Waals surface area contributed by atoms with E-state index in [0.717, 1.165) is 12.8 Å². The average Bonchev–Trinajstić information content (AvgIpc) is 2.45. The van der Waals surface area contributed by atoms with E-state index in [4.69, 9.17) is 10.5 Å². The lowest BCUT2D eigenvalue weighted by Gasteiger charge is -2.39. The lowest BCUT2D eigenvalue weighted by molar-refractivity contribution is 0.0601. The van der Waals surface area contributed by atoms with Crippen LogP contribution >= 0.6 is 0 Å². The number of hydrogen-bond donors (Lipinski definition) is 1. The molecule has 0 atom stereocenters. The van der Waals surface area contributed by atoms with Crippen molar-refractivity contribution >= 4 is 17.5 Å². The number of methoxy groups -OCH3 is 1. The van der Waals surface area contributed by atoms with Crippen molar-refractivity contribution < 1.29 is 9.53 Å². The van der Waals surface area contributed by atoms with Crippen LogP contribution in [-0.2, 0) is 4.74 Å². The highest BCUT2D eigenvalue weighted by molar-refractivity contribution is 5.95. The topological polar surface area (TPSA) is 68.5 Å². The van der Waals surface area contributed by atoms with Gasteiger partial charge in [-0.25, -0.2) is 9.78 Å². The van der Waals surface area contributed by atoms with Gasteiger partial charge in [-0.3, -0.25) is 0 Å². The number of rotatable bonds is 3. The molecule has 0 aliphatic heterocycles. The maximum Gasteiger partial charge on any atom is 0.341 e. The van der Waals surface area contributed by atoms with E-state index in [2.05, 4.69) is 23.7 Å². The van der Waals surface area contributed by atoms with E-state index in [0.29, 0.717) is 28.5 Å². The molecule has 5 heteroatoms. The summed E-state index contributed by atoms with van der Waals surface area (Å²) in [4.78, 5) is 18.4. The predicted octanol–water partition coefficient (Wildman–Crippen LogP) is 2.86. The van der Waals surface area contributed by atoms with Gasteiger partial charge in [0.1, 0.15) is 11.4 Å². The van der Waals surface area contributed by atoms with Crippen molar-refractivity contribution in [2.45, 2.75) is 45.6 Å². The van der Waals surface area contributed by atoms with Crippen LogP contribution in [0.25, 0.3) is 0 Å². The third kappa shape index (κ3) is 3.46. The number of hydrogen-bond acceptors (Lipinski definition) is 5. The molecule has 1 aromatic heterocycles. The van der Waals surface area contributed by atoms with Gasteiger partial charge in [-0.2, -0.15) is 0 Å². The standard InChI is InChI=1S/C16H25N3O2/c1-16(2)7-5-12(6-8-16)19(3)14-13(15(20)21-4)9-11(17)10-18-14/h9-10,12H,5-8,17H2,1-4H3. The Morgan fingerprint density at radius 2 is 2.05 bits per heavy atom. The first-order valence-electron chi connectivity index (χ1n) is 7.41. The van der Waals surface area contributed by atoms with Crippen LogP contribution in [0.15, 0.2) is 12.3 Å². The molecule has 1 aromatic rings. The van der Waals surface area contributed by atoms with Crippen LogP contribution in [0.2, 0.25) is 0 Å². The highest BCUT2D eigenvalue weighted by Gasteiger charge is 2.30. The third-order valence-electron chi connectivity index (χ3n) is 4.48. The molecule has 0 bridgehead atoms. The van der Waals surface area contributed by atoms with Gasteiger partial charge in [0.25, 0.3) is 0 Å². The first kappa shape index (κ1) is 15.6. The predicted molar refractivity (Wildman–Crippen MR) is 84.4 cm³/mol. The van der Waals surface area contributed by atoms with Gasteiger partial charge in [0, 0.05) is 13.1 Å². The molecule has 0 amide bonds. The molecule has 116 valence electrons. The zero-order valence-corrected chi connectivity index (χ0v) is 13.3.